The molecule has 3 rings (SSSR count). The molecule has 1 fully saturated rings. The first-order valence-electron chi connectivity index (χ1n) is 9.49. The Balaban J connectivity index is 1.66. The lowest BCUT2D eigenvalue weighted by Gasteiger charge is -2.35. The molecule has 1 N–H and O–H groups in total. The molecule has 0 bridgehead atoms. The molecular formula is C22H25FN2O3. The van der Waals surface area contributed by atoms with Crippen LogP contribution in [0, 0.1) is 17.7 Å². The minimum Gasteiger partial charge on any atom is -0.483 e. The van der Waals surface area contributed by atoms with Crippen molar-refractivity contribution in [1.82, 2.24) is 4.90 Å². The number of anilines is 1. The Kier molecular flexibility index (Phi) is 6.29. The predicted octanol–water partition coefficient (Wildman–Crippen LogP) is 3.96. The first-order valence-corrected chi connectivity index (χ1v) is 9.49. The molecule has 0 saturated carbocycles. The van der Waals surface area contributed by atoms with E-state index >= 15 is 0 Å². The molecule has 1 heterocycles. The molecule has 1 aliphatic heterocycles. The minimum absolute atomic E-state index is 0.0940. The highest BCUT2D eigenvalue weighted by Crippen LogP contribution is 2.26. The number of ether oxygens (including phenoxy) is 1. The maximum atomic E-state index is 13.6. The zero-order valence-corrected chi connectivity index (χ0v) is 16.2. The fourth-order valence-corrected chi connectivity index (χ4v) is 3.66. The first kappa shape index (κ1) is 19.9. The molecule has 5 nitrogen and oxygen atoms in total. The largest absolute Gasteiger partial charge is 0.483 e. The van der Waals surface area contributed by atoms with Gasteiger partial charge in [0.15, 0.2) is 6.61 Å². The first-order chi connectivity index (χ1) is 13.4. The van der Waals surface area contributed by atoms with E-state index in [4.69, 9.17) is 4.74 Å². The van der Waals surface area contributed by atoms with E-state index < -0.39 is 11.7 Å². The van der Waals surface area contributed by atoms with Gasteiger partial charge in [-0.1, -0.05) is 38.1 Å². The van der Waals surface area contributed by atoms with Gasteiger partial charge >= 0.3 is 0 Å². The Morgan fingerprint density at radius 3 is 2.43 bits per heavy atom. The number of likely N-dealkylation sites (tertiary alicyclic amines) is 1. The van der Waals surface area contributed by atoms with Gasteiger partial charge in [-0.05, 0) is 42.5 Å². The van der Waals surface area contributed by atoms with Gasteiger partial charge in [-0.2, -0.15) is 0 Å². The Morgan fingerprint density at radius 1 is 1.07 bits per heavy atom. The third-order valence-corrected chi connectivity index (χ3v) is 4.78. The Bertz CT molecular complexity index is 845. The monoisotopic (exact) mass is 384 g/mol. The van der Waals surface area contributed by atoms with Crippen molar-refractivity contribution in [2.45, 2.75) is 20.3 Å². The summed E-state index contributed by atoms with van der Waals surface area (Å²) in [6.07, 6.45) is 1.11. The van der Waals surface area contributed by atoms with Crippen LogP contribution in [0.5, 0.6) is 5.75 Å². The van der Waals surface area contributed by atoms with Gasteiger partial charge in [0.2, 0.25) is 0 Å². The number of halogens is 1. The van der Waals surface area contributed by atoms with Crippen LogP contribution in [-0.2, 0) is 4.79 Å². The fourth-order valence-electron chi connectivity index (χ4n) is 3.66. The van der Waals surface area contributed by atoms with Crippen molar-refractivity contribution in [3.05, 3.63) is 59.9 Å². The summed E-state index contributed by atoms with van der Waals surface area (Å²) < 4.78 is 19.2. The number of amides is 2. The van der Waals surface area contributed by atoms with E-state index in [0.717, 1.165) is 6.42 Å². The van der Waals surface area contributed by atoms with E-state index in [-0.39, 0.29) is 18.2 Å². The molecule has 2 unspecified atom stereocenters. The topological polar surface area (TPSA) is 58.6 Å². The summed E-state index contributed by atoms with van der Waals surface area (Å²) in [7, 11) is 0. The van der Waals surface area contributed by atoms with Crippen LogP contribution >= 0.6 is 0 Å². The molecule has 1 aliphatic rings. The molecule has 0 radical (unpaired) electrons. The molecule has 28 heavy (non-hydrogen) atoms. The molecule has 0 aliphatic carbocycles. The second kappa shape index (κ2) is 8.87. The van der Waals surface area contributed by atoms with E-state index in [1.165, 1.54) is 12.1 Å². The van der Waals surface area contributed by atoms with Gasteiger partial charge in [0.05, 0.1) is 11.3 Å². The highest BCUT2D eigenvalue weighted by Gasteiger charge is 2.27. The third kappa shape index (κ3) is 4.88. The number of carbonyl (C=O) groups is 2. The maximum Gasteiger partial charge on any atom is 0.262 e. The molecule has 2 atom stereocenters. The quantitative estimate of drug-likeness (QED) is 0.849. The highest BCUT2D eigenvalue weighted by molar-refractivity contribution is 5.97. The predicted molar refractivity (Wildman–Crippen MR) is 106 cm³/mol. The fraction of sp³-hybridized carbons (Fsp3) is 0.364. The van der Waals surface area contributed by atoms with Crippen LogP contribution in [0.3, 0.4) is 0 Å². The number of nitrogens with zero attached hydrogens (tertiary/aromatic N) is 1. The van der Waals surface area contributed by atoms with Crippen molar-refractivity contribution in [3.63, 3.8) is 0 Å². The summed E-state index contributed by atoms with van der Waals surface area (Å²) in [5.74, 6) is 0.151. The van der Waals surface area contributed by atoms with Gasteiger partial charge in [0, 0.05) is 13.1 Å². The van der Waals surface area contributed by atoms with Crippen LogP contribution < -0.4 is 10.1 Å². The Morgan fingerprint density at radius 2 is 1.71 bits per heavy atom. The average Bonchev–Trinajstić information content (AvgIpc) is 2.67. The van der Waals surface area contributed by atoms with Crippen molar-refractivity contribution in [1.29, 1.82) is 0 Å². The van der Waals surface area contributed by atoms with Gasteiger partial charge in [-0.3, -0.25) is 9.59 Å². The molecule has 6 heteroatoms. The second-order valence-electron chi connectivity index (χ2n) is 7.47. The number of benzene rings is 2. The van der Waals surface area contributed by atoms with Crippen LogP contribution in [0.25, 0.3) is 0 Å². The molecular weight excluding hydrogens is 359 g/mol. The van der Waals surface area contributed by atoms with Crippen molar-refractivity contribution in [2.24, 2.45) is 11.8 Å². The van der Waals surface area contributed by atoms with Crippen LogP contribution in [0.15, 0.2) is 48.5 Å². The summed E-state index contributed by atoms with van der Waals surface area (Å²) in [4.78, 5) is 26.9. The lowest BCUT2D eigenvalue weighted by molar-refractivity contribution is -0.118. The van der Waals surface area contributed by atoms with Crippen LogP contribution in [0.1, 0.15) is 30.6 Å². The number of piperidine rings is 1. The standard InChI is InChI=1S/C22H25FN2O3/c1-15-11-16(2)13-25(12-15)22(27)17-7-3-6-10-20(17)28-14-21(26)24-19-9-5-4-8-18(19)23/h3-10,15-16H,11-14H2,1-2H3,(H,24,26). The van der Waals surface area contributed by atoms with Gasteiger partial charge in [-0.15, -0.1) is 0 Å². The highest BCUT2D eigenvalue weighted by atomic mass is 19.1. The lowest BCUT2D eigenvalue weighted by atomic mass is 9.91. The van der Waals surface area contributed by atoms with E-state index in [1.54, 1.807) is 36.4 Å². The molecule has 0 spiro atoms. The molecule has 2 amide bonds. The normalized spacial score (nSPS) is 19.2. The van der Waals surface area contributed by atoms with Crippen LogP contribution in [0.2, 0.25) is 0 Å². The molecule has 0 aromatic heterocycles. The molecule has 148 valence electrons. The molecule has 2 aromatic rings. The summed E-state index contributed by atoms with van der Waals surface area (Å²) >= 11 is 0. The number of hydrogen-bond acceptors (Lipinski definition) is 3. The number of nitrogens with one attached hydrogen (secondary N) is 1. The van der Waals surface area contributed by atoms with Crippen molar-refractivity contribution in [3.8, 4) is 5.75 Å². The SMILES string of the molecule is CC1CC(C)CN(C(=O)c2ccccc2OCC(=O)Nc2ccccc2F)C1. The van der Waals surface area contributed by atoms with E-state index in [1.807, 2.05) is 4.90 Å². The summed E-state index contributed by atoms with van der Waals surface area (Å²) in [6, 6.07) is 12.8. The van der Waals surface area contributed by atoms with Gasteiger partial charge in [0.1, 0.15) is 11.6 Å². The van der Waals surface area contributed by atoms with Crippen molar-refractivity contribution in [2.75, 3.05) is 25.0 Å². The zero-order chi connectivity index (χ0) is 20.1. The van der Waals surface area contributed by atoms with Crippen LogP contribution in [-0.4, -0.2) is 36.4 Å². The van der Waals surface area contributed by atoms with E-state index in [2.05, 4.69) is 19.2 Å². The van der Waals surface area contributed by atoms with Crippen molar-refractivity contribution >= 4 is 17.5 Å². The van der Waals surface area contributed by atoms with Gasteiger partial charge in [-0.25, -0.2) is 4.39 Å². The van der Waals surface area contributed by atoms with Gasteiger partial charge < -0.3 is 15.0 Å². The number of carbonyl (C=O) groups excluding carboxylic acids is 2. The maximum absolute atomic E-state index is 13.6. The third-order valence-electron chi connectivity index (χ3n) is 4.78. The van der Waals surface area contributed by atoms with E-state index in [9.17, 15) is 14.0 Å². The van der Waals surface area contributed by atoms with Crippen LogP contribution in [0.4, 0.5) is 10.1 Å². The van der Waals surface area contributed by atoms with Crippen molar-refractivity contribution < 1.29 is 18.7 Å². The number of para-hydroxylation sites is 2. The smallest absolute Gasteiger partial charge is 0.262 e. The zero-order valence-electron chi connectivity index (χ0n) is 16.2. The number of hydrogen-bond donors (Lipinski definition) is 1. The lowest BCUT2D eigenvalue weighted by Crippen LogP contribution is -2.42. The Hall–Kier alpha value is -2.89. The van der Waals surface area contributed by atoms with Gasteiger partial charge in [0.25, 0.3) is 11.8 Å². The second-order valence-corrected chi connectivity index (χ2v) is 7.47. The minimum atomic E-state index is -0.514. The Labute approximate surface area is 164 Å². The average molecular weight is 384 g/mol. The molecule has 1 saturated heterocycles. The number of rotatable bonds is 5. The summed E-state index contributed by atoms with van der Waals surface area (Å²) in [5.41, 5.74) is 0.527. The van der Waals surface area contributed by atoms with E-state index in [0.29, 0.717) is 36.2 Å². The summed E-state index contributed by atoms with van der Waals surface area (Å²) in [5, 5.41) is 2.47. The molecule has 2 aromatic carbocycles. The summed E-state index contributed by atoms with van der Waals surface area (Å²) in [6.45, 7) is 5.40.